The van der Waals surface area contributed by atoms with Crippen LogP contribution in [0.2, 0.25) is 15.1 Å². The molecule has 0 spiro atoms. The van der Waals surface area contributed by atoms with Crippen LogP contribution >= 0.6 is 34.8 Å². The van der Waals surface area contributed by atoms with Gasteiger partial charge in [0.25, 0.3) is 5.91 Å². The van der Waals surface area contributed by atoms with E-state index in [-0.39, 0.29) is 23.6 Å². The van der Waals surface area contributed by atoms with Crippen LogP contribution in [0.3, 0.4) is 0 Å². The van der Waals surface area contributed by atoms with Gasteiger partial charge in [0.1, 0.15) is 17.2 Å². The van der Waals surface area contributed by atoms with E-state index in [0.717, 1.165) is 12.1 Å². The number of alkyl halides is 3. The van der Waals surface area contributed by atoms with Gasteiger partial charge in [-0.3, -0.25) is 25.4 Å². The van der Waals surface area contributed by atoms with Crippen molar-refractivity contribution in [1.82, 2.24) is 15.8 Å². The number of carbonyl (C=O) groups excluding carboxylic acids is 3. The van der Waals surface area contributed by atoms with Gasteiger partial charge in [0, 0.05) is 33.7 Å². The lowest BCUT2D eigenvalue weighted by Crippen LogP contribution is -2.42. The minimum Gasteiger partial charge on any atom is -0.457 e. The van der Waals surface area contributed by atoms with Crippen molar-refractivity contribution in [3.63, 3.8) is 0 Å². The van der Waals surface area contributed by atoms with Crippen molar-refractivity contribution >= 4 is 64.0 Å². The fourth-order valence-corrected chi connectivity index (χ4v) is 4.23. The molecule has 15 heteroatoms. The third-order valence-electron chi connectivity index (χ3n) is 5.52. The van der Waals surface area contributed by atoms with Gasteiger partial charge in [0.05, 0.1) is 17.0 Å². The standard InChI is InChI=1S/C28H19Cl3F3N5O4/c29-16-2-1-15(23(31)12-16)11-25(40)38-39-26(41)24-14-20(9-10-35-24)43-19-6-3-17(4-7-19)36-27(42)37-18-5-8-22(30)21(13-18)28(32,33)34/h1-10,12-14H,11H2,(H,38,40)(H,39,41)(H2,36,37,42). The molecule has 0 fully saturated rings. The van der Waals surface area contributed by atoms with E-state index in [1.165, 1.54) is 54.7 Å². The molecular formula is C28H19Cl3F3N5O4. The molecule has 0 bridgehead atoms. The lowest BCUT2D eigenvalue weighted by Gasteiger charge is -2.13. The molecule has 43 heavy (non-hydrogen) atoms. The average molecular weight is 653 g/mol. The number of hydrogen-bond donors (Lipinski definition) is 4. The van der Waals surface area contributed by atoms with Crippen LogP contribution < -0.4 is 26.2 Å². The van der Waals surface area contributed by atoms with Crippen LogP contribution in [0, 0.1) is 0 Å². The fourth-order valence-electron chi connectivity index (χ4n) is 3.53. The summed E-state index contributed by atoms with van der Waals surface area (Å²) in [4.78, 5) is 40.9. The molecule has 1 heterocycles. The highest BCUT2D eigenvalue weighted by Crippen LogP contribution is 2.36. The smallest absolute Gasteiger partial charge is 0.417 e. The number of amides is 4. The second-order valence-electron chi connectivity index (χ2n) is 8.69. The molecule has 4 aromatic rings. The van der Waals surface area contributed by atoms with E-state index in [2.05, 4.69) is 26.5 Å². The Morgan fingerprint density at radius 2 is 1.47 bits per heavy atom. The molecule has 4 amide bonds. The monoisotopic (exact) mass is 651 g/mol. The van der Waals surface area contributed by atoms with Crippen LogP contribution in [-0.2, 0) is 17.4 Å². The molecule has 0 atom stereocenters. The van der Waals surface area contributed by atoms with Crippen LogP contribution in [0.4, 0.5) is 29.3 Å². The van der Waals surface area contributed by atoms with Crippen molar-refractivity contribution in [3.05, 3.63) is 111 Å². The number of pyridine rings is 1. The SMILES string of the molecule is O=C(Cc1ccc(Cl)cc1Cl)NNC(=O)c1cc(Oc2ccc(NC(=O)Nc3ccc(Cl)c(C(F)(F)F)c3)cc2)ccn1. The van der Waals surface area contributed by atoms with Gasteiger partial charge in [0.2, 0.25) is 5.91 Å². The molecule has 0 radical (unpaired) electrons. The largest absolute Gasteiger partial charge is 0.457 e. The van der Waals surface area contributed by atoms with Gasteiger partial charge < -0.3 is 15.4 Å². The van der Waals surface area contributed by atoms with E-state index in [4.69, 9.17) is 39.5 Å². The molecule has 0 aliphatic heterocycles. The van der Waals surface area contributed by atoms with E-state index in [0.29, 0.717) is 27.0 Å². The van der Waals surface area contributed by atoms with Gasteiger partial charge in [-0.2, -0.15) is 13.2 Å². The molecule has 222 valence electrons. The first-order valence-corrected chi connectivity index (χ1v) is 13.2. The fraction of sp³-hybridized carbons (Fsp3) is 0.0714. The Hall–Kier alpha value is -4.52. The summed E-state index contributed by atoms with van der Waals surface area (Å²) >= 11 is 17.5. The quantitative estimate of drug-likeness (QED) is 0.154. The second kappa shape index (κ2) is 13.6. The number of hydrazine groups is 1. The van der Waals surface area contributed by atoms with Gasteiger partial charge in [-0.05, 0) is 66.2 Å². The number of ether oxygens (including phenoxy) is 1. The van der Waals surface area contributed by atoms with Gasteiger partial charge >= 0.3 is 12.2 Å². The minimum atomic E-state index is -4.68. The number of nitrogens with zero attached hydrogens (tertiary/aromatic N) is 1. The van der Waals surface area contributed by atoms with Crippen LogP contribution in [0.25, 0.3) is 0 Å². The van der Waals surface area contributed by atoms with Crippen LogP contribution in [0.5, 0.6) is 11.5 Å². The summed E-state index contributed by atoms with van der Waals surface area (Å²) in [6.07, 6.45) is -3.44. The minimum absolute atomic E-state index is 0.0480. The number of nitrogens with one attached hydrogen (secondary N) is 4. The number of halogens is 6. The van der Waals surface area contributed by atoms with E-state index in [9.17, 15) is 27.6 Å². The molecular weight excluding hydrogens is 634 g/mol. The normalized spacial score (nSPS) is 10.9. The zero-order chi connectivity index (χ0) is 31.1. The van der Waals surface area contributed by atoms with Crippen molar-refractivity contribution in [2.75, 3.05) is 10.6 Å². The maximum absolute atomic E-state index is 13.1. The summed E-state index contributed by atoms with van der Waals surface area (Å²) in [5.74, 6) is -0.633. The highest BCUT2D eigenvalue weighted by molar-refractivity contribution is 6.35. The van der Waals surface area contributed by atoms with Gasteiger partial charge in [0.15, 0.2) is 0 Å². The summed E-state index contributed by atoms with van der Waals surface area (Å²) < 4.78 is 44.9. The Morgan fingerprint density at radius 3 is 2.16 bits per heavy atom. The molecule has 9 nitrogen and oxygen atoms in total. The molecule has 0 saturated heterocycles. The topological polar surface area (TPSA) is 121 Å². The number of urea groups is 1. The summed E-state index contributed by atoms with van der Waals surface area (Å²) in [5, 5.41) is 5.06. The van der Waals surface area contributed by atoms with Gasteiger partial charge in [-0.15, -0.1) is 0 Å². The highest BCUT2D eigenvalue weighted by atomic mass is 35.5. The number of rotatable bonds is 7. The first kappa shape index (κ1) is 31.4. The molecule has 0 unspecified atom stereocenters. The Bertz CT molecular complexity index is 1670. The molecule has 4 N–H and O–H groups in total. The first-order chi connectivity index (χ1) is 20.4. The number of benzene rings is 3. The van der Waals surface area contributed by atoms with E-state index >= 15 is 0 Å². The maximum Gasteiger partial charge on any atom is 0.417 e. The van der Waals surface area contributed by atoms with Crippen molar-refractivity contribution in [1.29, 1.82) is 0 Å². The Morgan fingerprint density at radius 1 is 0.767 bits per heavy atom. The van der Waals surface area contributed by atoms with Crippen molar-refractivity contribution in [3.8, 4) is 11.5 Å². The number of hydrogen-bond acceptors (Lipinski definition) is 5. The van der Waals surface area contributed by atoms with Gasteiger partial charge in [-0.1, -0.05) is 40.9 Å². The lowest BCUT2D eigenvalue weighted by molar-refractivity contribution is -0.137. The van der Waals surface area contributed by atoms with E-state index < -0.39 is 34.6 Å². The van der Waals surface area contributed by atoms with Crippen molar-refractivity contribution in [2.45, 2.75) is 12.6 Å². The molecule has 1 aromatic heterocycles. The second-order valence-corrected chi connectivity index (χ2v) is 9.94. The van der Waals surface area contributed by atoms with E-state index in [1.807, 2.05) is 0 Å². The zero-order valence-corrected chi connectivity index (χ0v) is 23.8. The zero-order valence-electron chi connectivity index (χ0n) is 21.6. The third kappa shape index (κ3) is 8.98. The van der Waals surface area contributed by atoms with Crippen LogP contribution in [0.1, 0.15) is 21.6 Å². The number of anilines is 2. The Labute approximate surface area is 257 Å². The third-order valence-corrected chi connectivity index (χ3v) is 6.44. The predicted octanol–water partition coefficient (Wildman–Crippen LogP) is 7.50. The van der Waals surface area contributed by atoms with E-state index in [1.54, 1.807) is 12.1 Å². The summed E-state index contributed by atoms with van der Waals surface area (Å²) in [6.45, 7) is 0. The maximum atomic E-state index is 13.1. The highest BCUT2D eigenvalue weighted by Gasteiger charge is 2.33. The molecule has 0 aliphatic rings. The molecule has 3 aromatic carbocycles. The number of carbonyl (C=O) groups is 3. The van der Waals surface area contributed by atoms with Crippen molar-refractivity contribution in [2.24, 2.45) is 0 Å². The Balaban J connectivity index is 1.29. The molecule has 0 saturated carbocycles. The summed E-state index contributed by atoms with van der Waals surface area (Å²) in [6, 6.07) is 15.8. The summed E-state index contributed by atoms with van der Waals surface area (Å²) in [5.41, 5.74) is 4.17. The number of aromatic nitrogens is 1. The van der Waals surface area contributed by atoms with Crippen molar-refractivity contribution < 1.29 is 32.3 Å². The first-order valence-electron chi connectivity index (χ1n) is 12.1. The molecule has 0 aliphatic carbocycles. The Kier molecular flexibility index (Phi) is 9.96. The predicted molar refractivity (Wildman–Crippen MR) is 156 cm³/mol. The van der Waals surface area contributed by atoms with Crippen LogP contribution in [0.15, 0.2) is 79.0 Å². The van der Waals surface area contributed by atoms with Crippen LogP contribution in [-0.4, -0.2) is 22.8 Å². The lowest BCUT2D eigenvalue weighted by atomic mass is 10.1. The average Bonchev–Trinajstić information content (AvgIpc) is 2.95. The molecule has 4 rings (SSSR count). The van der Waals surface area contributed by atoms with Gasteiger partial charge in [-0.25, -0.2) is 4.79 Å². The summed E-state index contributed by atoms with van der Waals surface area (Å²) in [7, 11) is 0.